The van der Waals surface area contributed by atoms with E-state index in [4.69, 9.17) is 11.6 Å². The molecule has 0 saturated heterocycles. The summed E-state index contributed by atoms with van der Waals surface area (Å²) in [6, 6.07) is 15.7. The molecule has 0 fully saturated rings. The molecule has 1 aliphatic heterocycles. The van der Waals surface area contributed by atoms with E-state index in [1.165, 1.54) is 5.56 Å². The van der Waals surface area contributed by atoms with Crippen molar-refractivity contribution < 1.29 is 4.79 Å². The van der Waals surface area contributed by atoms with Crippen LogP contribution in [-0.4, -0.2) is 18.5 Å². The Bertz CT molecular complexity index is 716. The molecule has 1 amide bonds. The third-order valence-electron chi connectivity index (χ3n) is 4.37. The zero-order chi connectivity index (χ0) is 16.4. The van der Waals surface area contributed by atoms with Gasteiger partial charge in [0, 0.05) is 23.3 Å². The third kappa shape index (κ3) is 3.41. The molecular weight excluding hydrogens is 308 g/mol. The Morgan fingerprint density at radius 3 is 2.74 bits per heavy atom. The van der Waals surface area contributed by atoms with Gasteiger partial charge in [0.1, 0.15) is 0 Å². The van der Waals surface area contributed by atoms with E-state index in [0.717, 1.165) is 24.2 Å². The molecule has 1 heterocycles. The van der Waals surface area contributed by atoms with Crippen LogP contribution in [0.3, 0.4) is 0 Å². The van der Waals surface area contributed by atoms with Crippen LogP contribution in [0.15, 0.2) is 48.5 Å². The summed E-state index contributed by atoms with van der Waals surface area (Å²) in [6.45, 7) is 4.73. The Morgan fingerprint density at radius 2 is 1.96 bits per heavy atom. The summed E-state index contributed by atoms with van der Waals surface area (Å²) >= 11 is 6.04. The van der Waals surface area contributed by atoms with Gasteiger partial charge in [0.05, 0.1) is 6.04 Å². The van der Waals surface area contributed by atoms with E-state index in [1.807, 2.05) is 61.2 Å². The van der Waals surface area contributed by atoms with Gasteiger partial charge in [-0.05, 0) is 49.6 Å². The van der Waals surface area contributed by atoms with Crippen LogP contribution < -0.4 is 10.2 Å². The average Bonchev–Trinajstić information content (AvgIpc) is 2.98. The summed E-state index contributed by atoms with van der Waals surface area (Å²) < 4.78 is 0. The van der Waals surface area contributed by atoms with Gasteiger partial charge in [0.25, 0.3) is 0 Å². The zero-order valence-electron chi connectivity index (χ0n) is 13.4. The average molecular weight is 329 g/mol. The Balaban J connectivity index is 1.69. The van der Waals surface area contributed by atoms with Crippen molar-refractivity contribution in [3.63, 3.8) is 0 Å². The lowest BCUT2D eigenvalue weighted by Crippen LogP contribution is -2.45. The standard InChI is InChI=1S/C19H21ClN2O/c1-13(16-7-5-8-17(20)12-16)21-14(2)19(23)22-11-10-15-6-3-4-9-18(15)22/h3-9,12-14,21H,10-11H2,1-2H3/t13-,14-/m1/s1. The monoisotopic (exact) mass is 328 g/mol. The fraction of sp³-hybridized carbons (Fsp3) is 0.316. The molecule has 0 unspecified atom stereocenters. The fourth-order valence-electron chi connectivity index (χ4n) is 3.12. The molecule has 2 aromatic rings. The van der Waals surface area contributed by atoms with Gasteiger partial charge in [-0.2, -0.15) is 0 Å². The molecule has 4 heteroatoms. The van der Waals surface area contributed by atoms with E-state index >= 15 is 0 Å². The molecule has 0 aliphatic carbocycles. The number of carbonyl (C=O) groups is 1. The number of nitrogens with zero attached hydrogens (tertiary/aromatic N) is 1. The van der Waals surface area contributed by atoms with Gasteiger partial charge in [0.2, 0.25) is 5.91 Å². The first-order valence-electron chi connectivity index (χ1n) is 7.97. The quantitative estimate of drug-likeness (QED) is 0.921. The molecule has 1 N–H and O–H groups in total. The summed E-state index contributed by atoms with van der Waals surface area (Å²) in [5, 5.41) is 4.09. The summed E-state index contributed by atoms with van der Waals surface area (Å²) in [7, 11) is 0. The molecule has 0 aromatic heterocycles. The summed E-state index contributed by atoms with van der Waals surface area (Å²) in [6.07, 6.45) is 0.929. The van der Waals surface area contributed by atoms with Crippen molar-refractivity contribution in [1.82, 2.24) is 5.32 Å². The second-order valence-electron chi connectivity index (χ2n) is 6.03. The number of hydrogen-bond acceptors (Lipinski definition) is 2. The van der Waals surface area contributed by atoms with Gasteiger partial charge in [-0.15, -0.1) is 0 Å². The number of hydrogen-bond donors (Lipinski definition) is 1. The fourth-order valence-corrected chi connectivity index (χ4v) is 3.32. The Kier molecular flexibility index (Phi) is 4.69. The van der Waals surface area contributed by atoms with Crippen molar-refractivity contribution in [1.29, 1.82) is 0 Å². The van der Waals surface area contributed by atoms with Crippen LogP contribution in [0.4, 0.5) is 5.69 Å². The Hall–Kier alpha value is -1.84. The highest BCUT2D eigenvalue weighted by atomic mass is 35.5. The van der Waals surface area contributed by atoms with Gasteiger partial charge < -0.3 is 4.90 Å². The SMILES string of the molecule is C[C@@H](N[C@H](C)c1cccc(Cl)c1)C(=O)N1CCc2ccccc21. The van der Waals surface area contributed by atoms with Gasteiger partial charge in [-0.25, -0.2) is 0 Å². The normalized spacial score (nSPS) is 16.0. The van der Waals surface area contributed by atoms with Crippen LogP contribution in [0.2, 0.25) is 5.02 Å². The van der Waals surface area contributed by atoms with E-state index in [9.17, 15) is 4.79 Å². The summed E-state index contributed by atoms with van der Waals surface area (Å²) in [4.78, 5) is 14.7. The first-order valence-corrected chi connectivity index (χ1v) is 8.35. The zero-order valence-corrected chi connectivity index (χ0v) is 14.2. The number of rotatable bonds is 4. The highest BCUT2D eigenvalue weighted by Crippen LogP contribution is 2.28. The maximum atomic E-state index is 12.8. The molecule has 0 saturated carbocycles. The number of anilines is 1. The predicted molar refractivity (Wildman–Crippen MR) is 95.0 cm³/mol. The topological polar surface area (TPSA) is 32.3 Å². The molecule has 1 aliphatic rings. The first-order chi connectivity index (χ1) is 11.1. The summed E-state index contributed by atoms with van der Waals surface area (Å²) in [5.74, 6) is 0.115. The van der Waals surface area contributed by atoms with Crippen molar-refractivity contribution >= 4 is 23.2 Å². The smallest absolute Gasteiger partial charge is 0.243 e. The van der Waals surface area contributed by atoms with Crippen molar-refractivity contribution in [2.45, 2.75) is 32.4 Å². The van der Waals surface area contributed by atoms with Crippen LogP contribution in [0.1, 0.15) is 31.0 Å². The first kappa shape index (κ1) is 16.0. The molecule has 3 rings (SSSR count). The minimum Gasteiger partial charge on any atom is -0.310 e. The van der Waals surface area contributed by atoms with Gasteiger partial charge in [0.15, 0.2) is 0 Å². The van der Waals surface area contributed by atoms with Crippen LogP contribution in [0, 0.1) is 0 Å². The van der Waals surface area contributed by atoms with Gasteiger partial charge >= 0.3 is 0 Å². The lowest BCUT2D eigenvalue weighted by molar-refractivity contribution is -0.120. The molecule has 0 spiro atoms. The minimum atomic E-state index is -0.255. The van der Waals surface area contributed by atoms with E-state index in [0.29, 0.717) is 5.02 Å². The molecule has 23 heavy (non-hydrogen) atoms. The number of carbonyl (C=O) groups excluding carboxylic acids is 1. The highest BCUT2D eigenvalue weighted by Gasteiger charge is 2.28. The van der Waals surface area contributed by atoms with Crippen LogP contribution >= 0.6 is 11.6 Å². The lowest BCUT2D eigenvalue weighted by atomic mass is 10.1. The predicted octanol–water partition coefficient (Wildman–Crippen LogP) is 3.97. The van der Waals surface area contributed by atoms with Crippen LogP contribution in [0.25, 0.3) is 0 Å². The van der Waals surface area contributed by atoms with Crippen molar-refractivity contribution in [3.05, 3.63) is 64.7 Å². The largest absolute Gasteiger partial charge is 0.310 e. The highest BCUT2D eigenvalue weighted by molar-refractivity contribution is 6.30. The Morgan fingerprint density at radius 1 is 1.17 bits per heavy atom. The minimum absolute atomic E-state index is 0.0606. The number of benzene rings is 2. The molecule has 2 atom stereocenters. The lowest BCUT2D eigenvalue weighted by Gasteiger charge is -2.25. The second kappa shape index (κ2) is 6.73. The van der Waals surface area contributed by atoms with Crippen LogP contribution in [-0.2, 0) is 11.2 Å². The molecule has 2 aromatic carbocycles. The molecule has 0 bridgehead atoms. The Labute approximate surface area is 142 Å². The molecule has 120 valence electrons. The number of para-hydroxylation sites is 1. The number of halogens is 1. The van der Waals surface area contributed by atoms with Gasteiger partial charge in [-0.1, -0.05) is 41.9 Å². The van der Waals surface area contributed by atoms with Crippen molar-refractivity contribution in [3.8, 4) is 0 Å². The molecule has 0 radical (unpaired) electrons. The van der Waals surface area contributed by atoms with E-state index < -0.39 is 0 Å². The van der Waals surface area contributed by atoms with Gasteiger partial charge in [-0.3, -0.25) is 10.1 Å². The maximum absolute atomic E-state index is 12.8. The maximum Gasteiger partial charge on any atom is 0.243 e. The number of fused-ring (bicyclic) bond motifs is 1. The van der Waals surface area contributed by atoms with Crippen molar-refractivity contribution in [2.75, 3.05) is 11.4 Å². The third-order valence-corrected chi connectivity index (χ3v) is 4.61. The van der Waals surface area contributed by atoms with Crippen molar-refractivity contribution in [2.24, 2.45) is 0 Å². The molecule has 3 nitrogen and oxygen atoms in total. The number of nitrogens with one attached hydrogen (secondary N) is 1. The van der Waals surface area contributed by atoms with E-state index in [-0.39, 0.29) is 18.0 Å². The van der Waals surface area contributed by atoms with Crippen LogP contribution in [0.5, 0.6) is 0 Å². The number of amides is 1. The van der Waals surface area contributed by atoms with E-state index in [1.54, 1.807) is 0 Å². The summed E-state index contributed by atoms with van der Waals surface area (Å²) in [5.41, 5.74) is 3.37. The van der Waals surface area contributed by atoms with E-state index in [2.05, 4.69) is 11.4 Å². The molecular formula is C19H21ClN2O. The second-order valence-corrected chi connectivity index (χ2v) is 6.47.